The molecule has 0 aliphatic heterocycles. The number of hydrogen-bond acceptors (Lipinski definition) is 20. The van der Waals surface area contributed by atoms with Crippen LogP contribution in [0, 0.1) is 5.92 Å². The van der Waals surface area contributed by atoms with Crippen molar-refractivity contribution in [3.8, 4) is 0 Å². The molecule has 0 bridgehead atoms. The van der Waals surface area contributed by atoms with Crippen molar-refractivity contribution in [2.45, 2.75) is 199 Å². The van der Waals surface area contributed by atoms with Crippen molar-refractivity contribution in [2.75, 3.05) is 83.7 Å². The van der Waals surface area contributed by atoms with Gasteiger partial charge in [-0.3, -0.25) is 38.3 Å². The van der Waals surface area contributed by atoms with Gasteiger partial charge in [0, 0.05) is 58.2 Å². The second-order valence-electron chi connectivity index (χ2n) is 20.7. The molecule has 1 aromatic heterocycles. The van der Waals surface area contributed by atoms with Crippen LogP contribution in [0.25, 0.3) is 0 Å². The number of H-pyrrole nitrogens is 1. The zero-order valence-corrected chi connectivity index (χ0v) is 52.5. The summed E-state index contributed by atoms with van der Waals surface area (Å²) in [6.07, 6.45) is 19.8. The second-order valence-corrected chi connectivity index (χ2v) is 23.4. The molecule has 30 heteroatoms. The fourth-order valence-electron chi connectivity index (χ4n) is 8.09. The number of aromatic nitrogens is 4. The molecule has 0 aliphatic rings. The molecule has 9 N–H and O–H groups in total. The third kappa shape index (κ3) is 50.5. The molecule has 494 valence electrons. The van der Waals surface area contributed by atoms with Gasteiger partial charge in [0.2, 0.25) is 39.6 Å². The van der Waals surface area contributed by atoms with E-state index in [0.717, 1.165) is 57.2 Å². The van der Waals surface area contributed by atoms with Crippen LogP contribution >= 0.6 is 11.8 Å². The summed E-state index contributed by atoms with van der Waals surface area (Å²) in [5.74, 6) is -6.92. The first kappa shape index (κ1) is 80.3. The number of nitrogens with zero attached hydrogens (tertiary/aromatic N) is 3. The number of aryl methyl sites for hydroxylation is 1. The summed E-state index contributed by atoms with van der Waals surface area (Å²) in [5.41, 5.74) is 0. The molecule has 1 heterocycles. The quantitative estimate of drug-likeness (QED) is 0.0416. The summed E-state index contributed by atoms with van der Waals surface area (Å²) in [6.45, 7) is 5.02. The first-order valence-electron chi connectivity index (χ1n) is 30.1. The van der Waals surface area contributed by atoms with E-state index in [4.69, 9.17) is 18.9 Å². The van der Waals surface area contributed by atoms with E-state index in [1.54, 1.807) is 0 Å². The highest BCUT2D eigenvalue weighted by Gasteiger charge is 2.25. The Morgan fingerprint density at radius 2 is 1.10 bits per heavy atom. The summed E-state index contributed by atoms with van der Waals surface area (Å²) >= 11 is 1.44. The minimum atomic E-state index is -3.85. The van der Waals surface area contributed by atoms with Crippen molar-refractivity contribution in [2.24, 2.45) is 5.92 Å². The number of ether oxygens (including phenoxy) is 4. The molecule has 0 aliphatic carbocycles. The molecular formula is C56H99N9O19S2. The maximum atomic E-state index is 12.3. The third-order valence-corrected chi connectivity index (χ3v) is 14.8. The average molecular weight is 1270 g/mol. The highest BCUT2D eigenvalue weighted by atomic mass is 32.2. The fraction of sp³-hybridized carbons (Fsp3) is 0.804. The lowest BCUT2D eigenvalue weighted by atomic mass is 9.97. The standard InChI is InChI=1S/C39H67N7O13S.C17H32N2O6S/c1-30(47)19-21-33(39(54)55)41-36(50)22-20-31(38(52)53)28-32(48)29-59-26-25-58-24-23-40-35(49)18-15-27-60(56,57)44-37(51)17-14-12-10-8-6-4-2-3-5-7-9-11-13-16-34-42-45-46-43-34;1-3-4-9-24-10-11-25-12-15(20)19-14(17(22)23)7-5-6-8-18-16(21)13-26-2/h31,33H,2-29H2,1H3,(H,40,49)(H,41,50)(H,44,51)(H,52,53)(H,54,55)(H,42,43,45,46);14H,3-13H2,1-2H3,(H,18,21)(H,19,20)(H,22,23). The van der Waals surface area contributed by atoms with Crippen LogP contribution < -0.4 is 26.0 Å². The number of amides is 5. The van der Waals surface area contributed by atoms with Crippen LogP contribution in [0.3, 0.4) is 0 Å². The largest absolute Gasteiger partial charge is 0.481 e. The highest BCUT2D eigenvalue weighted by Crippen LogP contribution is 2.15. The normalized spacial score (nSPS) is 12.2. The van der Waals surface area contributed by atoms with Crippen molar-refractivity contribution >= 4 is 80.8 Å². The van der Waals surface area contributed by atoms with E-state index < -0.39 is 75.9 Å². The van der Waals surface area contributed by atoms with Crippen molar-refractivity contribution in [1.29, 1.82) is 0 Å². The van der Waals surface area contributed by atoms with Gasteiger partial charge in [0.05, 0.1) is 50.5 Å². The number of thioether (sulfide) groups is 1. The lowest BCUT2D eigenvalue weighted by Crippen LogP contribution is -2.42. The number of sulfonamides is 1. The predicted octanol–water partition coefficient (Wildman–Crippen LogP) is 4.00. The molecule has 86 heavy (non-hydrogen) atoms. The predicted molar refractivity (Wildman–Crippen MR) is 319 cm³/mol. The van der Waals surface area contributed by atoms with Gasteiger partial charge in [0.1, 0.15) is 31.1 Å². The van der Waals surface area contributed by atoms with Crippen LogP contribution in [-0.4, -0.2) is 199 Å². The van der Waals surface area contributed by atoms with E-state index in [0.29, 0.717) is 57.8 Å². The fourth-order valence-corrected chi connectivity index (χ4v) is 9.53. The molecule has 1 rings (SSSR count). The summed E-state index contributed by atoms with van der Waals surface area (Å²) in [5, 5.41) is 51.8. The Kier molecular flexibility index (Phi) is 50.0. The van der Waals surface area contributed by atoms with E-state index in [1.807, 2.05) is 6.26 Å². The number of unbranched alkanes of at least 4 members (excludes halogenated alkanes) is 14. The number of carboxylic acids is 3. The van der Waals surface area contributed by atoms with Crippen LogP contribution in [0.2, 0.25) is 0 Å². The van der Waals surface area contributed by atoms with Gasteiger partial charge < -0.3 is 60.3 Å². The number of aromatic amines is 1. The number of aliphatic carboxylic acids is 3. The Balaban J connectivity index is 0.00000232. The van der Waals surface area contributed by atoms with Crippen molar-refractivity contribution in [3.63, 3.8) is 0 Å². The molecule has 28 nitrogen and oxygen atoms in total. The van der Waals surface area contributed by atoms with Crippen molar-refractivity contribution in [1.82, 2.24) is 46.6 Å². The molecule has 0 aromatic carbocycles. The lowest BCUT2D eigenvalue weighted by Gasteiger charge is -2.15. The maximum Gasteiger partial charge on any atom is 0.326 e. The number of nitrogens with one attached hydrogen (secondary N) is 6. The molecule has 0 spiro atoms. The Bertz CT molecular complexity index is 2180. The van der Waals surface area contributed by atoms with Gasteiger partial charge in [-0.2, -0.15) is 17.0 Å². The van der Waals surface area contributed by atoms with E-state index in [1.165, 1.54) is 63.6 Å². The number of carbonyl (C=O) groups is 10. The number of carboxylic acid groups (broad SMARTS) is 3. The minimum Gasteiger partial charge on any atom is -0.481 e. The van der Waals surface area contributed by atoms with E-state index in [9.17, 15) is 71.7 Å². The molecule has 3 atom stereocenters. The number of carbonyl (C=O) groups excluding carboxylic acids is 7. The summed E-state index contributed by atoms with van der Waals surface area (Å²) in [4.78, 5) is 117. The van der Waals surface area contributed by atoms with Crippen molar-refractivity contribution in [3.05, 3.63) is 5.82 Å². The zero-order valence-electron chi connectivity index (χ0n) is 50.8. The summed E-state index contributed by atoms with van der Waals surface area (Å²) in [6, 6.07) is -2.24. The highest BCUT2D eigenvalue weighted by molar-refractivity contribution is 7.99. The first-order valence-corrected chi connectivity index (χ1v) is 33.1. The second kappa shape index (κ2) is 53.5. The van der Waals surface area contributed by atoms with E-state index in [2.05, 4.69) is 53.5 Å². The third-order valence-electron chi connectivity index (χ3n) is 12.8. The molecule has 0 radical (unpaired) electrons. The Labute approximate surface area is 510 Å². The van der Waals surface area contributed by atoms with Crippen molar-refractivity contribution < 1.29 is 90.6 Å². The Morgan fingerprint density at radius 3 is 1.69 bits per heavy atom. The number of ketones is 2. The van der Waals surface area contributed by atoms with Gasteiger partial charge in [-0.1, -0.05) is 89.2 Å². The average Bonchev–Trinajstić information content (AvgIpc) is 4.02. The SMILES string of the molecule is CC(=O)CCC(NC(=O)CCC(CC(=O)COCCOCCNC(=O)CCCS(=O)(=O)NC(=O)CCCCCCCCCCCCCCCc1nn[nH]n1)C(=O)O)C(=O)O.CCCCOCCOCC(=O)NC(CCCCNC(=O)CSC)C(=O)O. The molecular weight excluding hydrogens is 1170 g/mol. The number of Topliss-reactive ketones (excluding diaryl/α,β-unsaturated/α-hetero) is 2. The summed E-state index contributed by atoms with van der Waals surface area (Å²) < 4.78 is 47.6. The molecule has 0 saturated carbocycles. The molecule has 0 fully saturated rings. The number of tetrazole rings is 1. The van der Waals surface area contributed by atoms with Crippen LogP contribution in [-0.2, 0) is 83.3 Å². The summed E-state index contributed by atoms with van der Waals surface area (Å²) in [7, 11) is -3.85. The van der Waals surface area contributed by atoms with Gasteiger partial charge in [-0.15, -0.1) is 10.2 Å². The van der Waals surface area contributed by atoms with Gasteiger partial charge >= 0.3 is 17.9 Å². The topological polar surface area (TPSA) is 417 Å². The first-order chi connectivity index (χ1) is 41.2. The smallest absolute Gasteiger partial charge is 0.326 e. The van der Waals surface area contributed by atoms with Crippen LogP contribution in [0.15, 0.2) is 0 Å². The van der Waals surface area contributed by atoms with Gasteiger partial charge in [-0.05, 0) is 71.0 Å². The lowest BCUT2D eigenvalue weighted by molar-refractivity contribution is -0.145. The maximum absolute atomic E-state index is 12.3. The zero-order chi connectivity index (χ0) is 64.1. The molecule has 3 unspecified atom stereocenters. The van der Waals surface area contributed by atoms with Crippen LogP contribution in [0.5, 0.6) is 0 Å². The molecule has 1 aromatic rings. The number of hydrogen-bond donors (Lipinski definition) is 9. The van der Waals surface area contributed by atoms with Gasteiger partial charge in [-0.25, -0.2) is 18.0 Å². The van der Waals surface area contributed by atoms with E-state index >= 15 is 0 Å². The molecule has 0 saturated heterocycles. The number of rotatable bonds is 57. The van der Waals surface area contributed by atoms with Crippen LogP contribution in [0.1, 0.15) is 187 Å². The monoisotopic (exact) mass is 1270 g/mol. The Hall–Kier alpha value is -5.69. The van der Waals surface area contributed by atoms with Gasteiger partial charge in [0.25, 0.3) is 0 Å². The van der Waals surface area contributed by atoms with E-state index in [-0.39, 0.29) is 108 Å². The van der Waals surface area contributed by atoms with Gasteiger partial charge in [0.15, 0.2) is 11.6 Å². The molecule has 5 amide bonds. The minimum absolute atomic E-state index is 0.00800. The van der Waals surface area contributed by atoms with Crippen LogP contribution in [0.4, 0.5) is 0 Å². The Morgan fingerprint density at radius 1 is 0.547 bits per heavy atom.